The van der Waals surface area contributed by atoms with Crippen LogP contribution in [0.25, 0.3) is 0 Å². The molecule has 5 heteroatoms. The third kappa shape index (κ3) is 6.31. The number of hydrogen-bond acceptors (Lipinski definition) is 5. The Morgan fingerprint density at radius 2 is 2.11 bits per heavy atom. The second kappa shape index (κ2) is 9.29. The molecule has 1 fully saturated rings. The zero-order valence-corrected chi connectivity index (χ0v) is 11.3. The molecule has 0 aromatic heterocycles. The lowest BCUT2D eigenvalue weighted by Crippen LogP contribution is -2.43. The summed E-state index contributed by atoms with van der Waals surface area (Å²) in [7, 11) is 0. The van der Waals surface area contributed by atoms with Crippen molar-refractivity contribution in [3.8, 4) is 6.07 Å². The second-order valence-electron chi connectivity index (χ2n) is 4.72. The van der Waals surface area contributed by atoms with Crippen LogP contribution in [0.15, 0.2) is 0 Å². The zero-order chi connectivity index (χ0) is 13.2. The van der Waals surface area contributed by atoms with Gasteiger partial charge in [-0.15, -0.1) is 0 Å². The van der Waals surface area contributed by atoms with Crippen LogP contribution in [0.1, 0.15) is 19.8 Å². The Labute approximate surface area is 110 Å². The predicted octanol–water partition coefficient (Wildman–Crippen LogP) is 0.305. The maximum absolute atomic E-state index is 9.71. The molecule has 1 saturated heterocycles. The van der Waals surface area contributed by atoms with Crippen LogP contribution in [-0.4, -0.2) is 73.5 Å². The van der Waals surface area contributed by atoms with Gasteiger partial charge in [0.25, 0.3) is 0 Å². The van der Waals surface area contributed by atoms with Crippen LogP contribution in [0, 0.1) is 11.3 Å². The van der Waals surface area contributed by atoms with Gasteiger partial charge >= 0.3 is 0 Å². The molecule has 0 aromatic carbocycles. The van der Waals surface area contributed by atoms with Gasteiger partial charge in [0.2, 0.25) is 0 Å². The first-order chi connectivity index (χ1) is 8.76. The van der Waals surface area contributed by atoms with E-state index in [2.05, 4.69) is 15.9 Å². The minimum atomic E-state index is -0.284. The average molecular weight is 255 g/mol. The Kier molecular flexibility index (Phi) is 7.94. The quantitative estimate of drug-likeness (QED) is 0.676. The van der Waals surface area contributed by atoms with Gasteiger partial charge in [0.1, 0.15) is 0 Å². The van der Waals surface area contributed by atoms with Gasteiger partial charge in [0.15, 0.2) is 0 Å². The largest absolute Gasteiger partial charge is 0.392 e. The van der Waals surface area contributed by atoms with E-state index in [1.165, 1.54) is 0 Å². The van der Waals surface area contributed by atoms with E-state index in [4.69, 9.17) is 10.00 Å². The normalized spacial score (nSPS) is 18.8. The highest BCUT2D eigenvalue weighted by Gasteiger charge is 2.14. The van der Waals surface area contributed by atoms with Crippen LogP contribution in [0.3, 0.4) is 0 Å². The van der Waals surface area contributed by atoms with Crippen LogP contribution >= 0.6 is 0 Å². The number of rotatable bonds is 8. The minimum absolute atomic E-state index is 0.284. The van der Waals surface area contributed by atoms with Crippen molar-refractivity contribution in [3.63, 3.8) is 0 Å². The van der Waals surface area contributed by atoms with Crippen LogP contribution < -0.4 is 0 Å². The Bertz CT molecular complexity index is 249. The number of nitriles is 1. The summed E-state index contributed by atoms with van der Waals surface area (Å²) >= 11 is 0. The molecule has 104 valence electrons. The van der Waals surface area contributed by atoms with Gasteiger partial charge < -0.3 is 9.84 Å². The molecule has 1 heterocycles. The van der Waals surface area contributed by atoms with Gasteiger partial charge in [-0.2, -0.15) is 5.26 Å². The SMILES string of the molecule is CCC(O)CN(CCC#N)CCN1CCOCC1. The summed E-state index contributed by atoms with van der Waals surface area (Å²) in [6.07, 6.45) is 1.01. The van der Waals surface area contributed by atoms with Gasteiger partial charge in [-0.05, 0) is 6.42 Å². The number of aliphatic hydroxyl groups is 1. The summed E-state index contributed by atoms with van der Waals surface area (Å²) in [5.41, 5.74) is 0. The van der Waals surface area contributed by atoms with Crippen LogP contribution in [0.5, 0.6) is 0 Å². The topological polar surface area (TPSA) is 59.7 Å². The fraction of sp³-hybridized carbons (Fsp3) is 0.923. The summed E-state index contributed by atoms with van der Waals surface area (Å²) < 4.78 is 5.32. The zero-order valence-electron chi connectivity index (χ0n) is 11.3. The molecule has 0 aliphatic carbocycles. The highest BCUT2D eigenvalue weighted by molar-refractivity contribution is 4.75. The number of morpholine rings is 1. The van der Waals surface area contributed by atoms with Crippen molar-refractivity contribution in [2.45, 2.75) is 25.9 Å². The fourth-order valence-corrected chi connectivity index (χ4v) is 2.04. The fourth-order valence-electron chi connectivity index (χ4n) is 2.04. The van der Waals surface area contributed by atoms with Crippen molar-refractivity contribution in [1.29, 1.82) is 5.26 Å². The molecular weight excluding hydrogens is 230 g/mol. The first-order valence-electron chi connectivity index (χ1n) is 6.83. The number of nitrogens with zero attached hydrogens (tertiary/aromatic N) is 3. The maximum atomic E-state index is 9.71. The van der Waals surface area contributed by atoms with E-state index in [9.17, 15) is 5.11 Å². The lowest BCUT2D eigenvalue weighted by Gasteiger charge is -2.30. The van der Waals surface area contributed by atoms with Crippen molar-refractivity contribution >= 4 is 0 Å². The molecular formula is C13H25N3O2. The van der Waals surface area contributed by atoms with Crippen molar-refractivity contribution in [2.75, 3.05) is 52.5 Å². The summed E-state index contributed by atoms with van der Waals surface area (Å²) in [6, 6.07) is 2.17. The van der Waals surface area contributed by atoms with Crippen LogP contribution in [0.4, 0.5) is 0 Å². The summed E-state index contributed by atoms with van der Waals surface area (Å²) in [5, 5.41) is 18.4. The molecule has 1 atom stereocenters. The number of aliphatic hydroxyl groups excluding tert-OH is 1. The van der Waals surface area contributed by atoms with E-state index >= 15 is 0 Å². The molecule has 0 aromatic rings. The van der Waals surface area contributed by atoms with E-state index in [1.807, 2.05) is 6.92 Å². The molecule has 5 nitrogen and oxygen atoms in total. The van der Waals surface area contributed by atoms with E-state index < -0.39 is 0 Å². The first-order valence-corrected chi connectivity index (χ1v) is 6.83. The molecule has 1 N–H and O–H groups in total. The molecule has 0 bridgehead atoms. The van der Waals surface area contributed by atoms with E-state index in [0.29, 0.717) is 13.0 Å². The summed E-state index contributed by atoms with van der Waals surface area (Å²) in [6.45, 7) is 8.91. The van der Waals surface area contributed by atoms with E-state index in [1.54, 1.807) is 0 Å². The molecule has 1 unspecified atom stereocenters. The Morgan fingerprint density at radius 1 is 1.39 bits per heavy atom. The monoisotopic (exact) mass is 255 g/mol. The highest BCUT2D eigenvalue weighted by Crippen LogP contribution is 2.01. The van der Waals surface area contributed by atoms with Crippen LogP contribution in [-0.2, 0) is 4.74 Å². The third-order valence-electron chi connectivity index (χ3n) is 3.32. The molecule has 1 rings (SSSR count). The molecule has 0 radical (unpaired) electrons. The van der Waals surface area contributed by atoms with Gasteiger partial charge in [-0.3, -0.25) is 9.80 Å². The summed E-state index contributed by atoms with van der Waals surface area (Å²) in [4.78, 5) is 4.56. The number of ether oxygens (including phenoxy) is 1. The molecule has 1 aliphatic heterocycles. The van der Waals surface area contributed by atoms with Crippen molar-refractivity contribution in [1.82, 2.24) is 9.80 Å². The minimum Gasteiger partial charge on any atom is -0.392 e. The Hall–Kier alpha value is -0.670. The maximum Gasteiger partial charge on any atom is 0.0664 e. The molecule has 0 saturated carbocycles. The highest BCUT2D eigenvalue weighted by atomic mass is 16.5. The standard InChI is InChI=1S/C13H25N3O2/c1-2-13(17)12-16(5-3-4-14)7-6-15-8-10-18-11-9-15/h13,17H,2-3,5-12H2,1H3. The van der Waals surface area contributed by atoms with Gasteiger partial charge in [-0.1, -0.05) is 6.92 Å². The first kappa shape index (κ1) is 15.4. The third-order valence-corrected chi connectivity index (χ3v) is 3.32. The lowest BCUT2D eigenvalue weighted by atomic mass is 10.2. The number of hydrogen-bond donors (Lipinski definition) is 1. The predicted molar refractivity (Wildman–Crippen MR) is 70.2 cm³/mol. The lowest BCUT2D eigenvalue weighted by molar-refractivity contribution is 0.0300. The van der Waals surface area contributed by atoms with E-state index in [-0.39, 0.29) is 6.10 Å². The molecule has 18 heavy (non-hydrogen) atoms. The van der Waals surface area contributed by atoms with Gasteiger partial charge in [0.05, 0.1) is 25.4 Å². The van der Waals surface area contributed by atoms with Crippen molar-refractivity contribution in [2.24, 2.45) is 0 Å². The van der Waals surface area contributed by atoms with Crippen LogP contribution in [0.2, 0.25) is 0 Å². The molecule has 1 aliphatic rings. The smallest absolute Gasteiger partial charge is 0.0664 e. The Balaban J connectivity index is 2.27. The van der Waals surface area contributed by atoms with Gasteiger partial charge in [-0.25, -0.2) is 0 Å². The second-order valence-corrected chi connectivity index (χ2v) is 4.72. The molecule has 0 amide bonds. The molecule has 0 spiro atoms. The van der Waals surface area contributed by atoms with Crippen molar-refractivity contribution < 1.29 is 9.84 Å². The summed E-state index contributed by atoms with van der Waals surface area (Å²) in [5.74, 6) is 0. The Morgan fingerprint density at radius 3 is 2.72 bits per heavy atom. The average Bonchev–Trinajstić information content (AvgIpc) is 2.42. The van der Waals surface area contributed by atoms with Crippen molar-refractivity contribution in [3.05, 3.63) is 0 Å². The van der Waals surface area contributed by atoms with Gasteiger partial charge in [0, 0.05) is 45.7 Å². The van der Waals surface area contributed by atoms with E-state index in [0.717, 1.165) is 52.4 Å².